The van der Waals surface area contributed by atoms with Gasteiger partial charge in [0.15, 0.2) is 18.3 Å². The van der Waals surface area contributed by atoms with Crippen LogP contribution in [0, 0.1) is 0 Å². The molecular formula is C31H38N6O6. The van der Waals surface area contributed by atoms with Gasteiger partial charge in [-0.3, -0.25) is 4.68 Å². The van der Waals surface area contributed by atoms with Gasteiger partial charge >= 0.3 is 12.1 Å². The first-order valence-electron chi connectivity index (χ1n) is 14.3. The van der Waals surface area contributed by atoms with Gasteiger partial charge in [-0.15, -0.1) is 0 Å². The first-order valence-corrected chi connectivity index (χ1v) is 14.3. The fraction of sp³-hybridized carbons (Fsp3) is 0.452. The van der Waals surface area contributed by atoms with Crippen LogP contribution in [0.15, 0.2) is 36.5 Å². The third-order valence-electron chi connectivity index (χ3n) is 7.06. The van der Waals surface area contributed by atoms with Gasteiger partial charge in [-0.05, 0) is 58.9 Å². The van der Waals surface area contributed by atoms with Crippen LogP contribution in [0.5, 0.6) is 5.75 Å². The fourth-order valence-corrected chi connectivity index (χ4v) is 5.17. The molecule has 5 rings (SSSR count). The maximum atomic E-state index is 13.2. The maximum absolute atomic E-state index is 13.2. The SMILES string of the molecule is CCOC(=O)c1nc(-c2cc3cn(C)nc3cc2OCOC)nc2ccc(N3CCN(C(=O)OC(C)(C)C)[C@@H](C)C3)cc12. The Morgan fingerprint density at radius 1 is 1.07 bits per heavy atom. The standard InChI is InChI=1S/C31H38N6O6/c1-8-41-29(38)27-22-14-21(36-11-12-37(19(2)16-36)30(39)43-31(3,4)5)9-10-24(22)32-28(33-27)23-13-20-17-35(6)34-25(20)15-26(23)42-18-40-7/h9-10,13-15,17,19H,8,11-12,16,18H2,1-7H3/t19-/m0/s1. The Morgan fingerprint density at radius 2 is 1.86 bits per heavy atom. The summed E-state index contributed by atoms with van der Waals surface area (Å²) in [4.78, 5) is 39.5. The van der Waals surface area contributed by atoms with Crippen LogP contribution < -0.4 is 9.64 Å². The molecule has 0 aliphatic carbocycles. The number of hydrogen-bond acceptors (Lipinski definition) is 10. The Balaban J connectivity index is 1.53. The molecule has 4 aromatic rings. The van der Waals surface area contributed by atoms with Crippen LogP contribution in [0.4, 0.5) is 10.5 Å². The summed E-state index contributed by atoms with van der Waals surface area (Å²) < 4.78 is 23.7. The second-order valence-electron chi connectivity index (χ2n) is 11.5. The Morgan fingerprint density at radius 3 is 2.56 bits per heavy atom. The highest BCUT2D eigenvalue weighted by Crippen LogP contribution is 2.35. The molecular weight excluding hydrogens is 552 g/mol. The number of esters is 1. The monoisotopic (exact) mass is 590 g/mol. The molecule has 0 bridgehead atoms. The molecule has 1 saturated heterocycles. The summed E-state index contributed by atoms with van der Waals surface area (Å²) in [6.45, 7) is 11.3. The van der Waals surface area contributed by atoms with Crippen molar-refractivity contribution in [1.82, 2.24) is 24.6 Å². The fourth-order valence-electron chi connectivity index (χ4n) is 5.17. The van der Waals surface area contributed by atoms with E-state index in [1.807, 2.05) is 71.3 Å². The van der Waals surface area contributed by atoms with Crippen molar-refractivity contribution in [3.05, 3.63) is 42.2 Å². The van der Waals surface area contributed by atoms with E-state index >= 15 is 0 Å². The Labute approximate surface area is 250 Å². The molecule has 12 heteroatoms. The molecule has 228 valence electrons. The van der Waals surface area contributed by atoms with Crippen molar-refractivity contribution < 1.29 is 28.5 Å². The van der Waals surface area contributed by atoms with Crippen molar-refractivity contribution >= 4 is 39.6 Å². The molecule has 1 amide bonds. The molecule has 0 radical (unpaired) electrons. The Kier molecular flexibility index (Phi) is 8.41. The highest BCUT2D eigenvalue weighted by molar-refractivity contribution is 6.03. The maximum Gasteiger partial charge on any atom is 0.410 e. The lowest BCUT2D eigenvalue weighted by Crippen LogP contribution is -2.55. The second-order valence-corrected chi connectivity index (χ2v) is 11.5. The number of carbonyl (C=O) groups excluding carboxylic acids is 2. The molecule has 1 aliphatic heterocycles. The number of hydrogen-bond donors (Lipinski definition) is 0. The van der Waals surface area contributed by atoms with Crippen LogP contribution in [0.3, 0.4) is 0 Å². The van der Waals surface area contributed by atoms with E-state index in [1.165, 1.54) is 0 Å². The van der Waals surface area contributed by atoms with Crippen LogP contribution in [0.2, 0.25) is 0 Å². The number of carbonyl (C=O) groups is 2. The molecule has 0 unspecified atom stereocenters. The lowest BCUT2D eigenvalue weighted by molar-refractivity contribution is 0.0158. The van der Waals surface area contributed by atoms with Crippen molar-refractivity contribution in [3.63, 3.8) is 0 Å². The number of benzene rings is 2. The van der Waals surface area contributed by atoms with Crippen LogP contribution in [-0.4, -0.2) is 88.5 Å². The van der Waals surface area contributed by atoms with Crippen molar-refractivity contribution in [2.75, 3.05) is 45.0 Å². The highest BCUT2D eigenvalue weighted by Gasteiger charge is 2.31. The summed E-state index contributed by atoms with van der Waals surface area (Å²) in [6.07, 6.45) is 1.57. The Hall–Kier alpha value is -4.45. The number of aromatic nitrogens is 4. The summed E-state index contributed by atoms with van der Waals surface area (Å²) in [5, 5.41) is 5.92. The molecule has 43 heavy (non-hydrogen) atoms. The van der Waals surface area contributed by atoms with Crippen molar-refractivity contribution in [1.29, 1.82) is 0 Å². The molecule has 0 N–H and O–H groups in total. The first-order chi connectivity index (χ1) is 20.5. The molecule has 1 fully saturated rings. The number of amides is 1. The van der Waals surface area contributed by atoms with E-state index in [-0.39, 0.29) is 31.2 Å². The van der Waals surface area contributed by atoms with Gasteiger partial charge in [0, 0.05) is 68.6 Å². The van der Waals surface area contributed by atoms with E-state index in [4.69, 9.17) is 28.9 Å². The van der Waals surface area contributed by atoms with E-state index in [2.05, 4.69) is 10.00 Å². The van der Waals surface area contributed by atoms with Crippen molar-refractivity contribution in [2.24, 2.45) is 7.05 Å². The average Bonchev–Trinajstić information content (AvgIpc) is 3.32. The van der Waals surface area contributed by atoms with Gasteiger partial charge in [-0.1, -0.05) is 0 Å². The normalized spacial score (nSPS) is 15.7. The topological polar surface area (TPSA) is 121 Å². The molecule has 2 aromatic heterocycles. The molecule has 1 aliphatic rings. The summed E-state index contributed by atoms with van der Waals surface area (Å²) in [5.74, 6) is 0.258. The number of rotatable bonds is 7. The van der Waals surface area contributed by atoms with E-state index in [0.717, 1.165) is 16.6 Å². The second kappa shape index (κ2) is 12.0. The van der Waals surface area contributed by atoms with Gasteiger partial charge in [0.05, 0.1) is 23.2 Å². The predicted octanol–water partition coefficient (Wildman–Crippen LogP) is 4.79. The van der Waals surface area contributed by atoms with E-state index in [9.17, 15) is 9.59 Å². The van der Waals surface area contributed by atoms with Crippen molar-refractivity contribution in [2.45, 2.75) is 46.3 Å². The van der Waals surface area contributed by atoms with Gasteiger partial charge in [0.25, 0.3) is 0 Å². The third kappa shape index (κ3) is 6.48. The number of anilines is 1. The highest BCUT2D eigenvalue weighted by atomic mass is 16.7. The van der Waals surface area contributed by atoms with Crippen LogP contribution in [0.1, 0.15) is 45.1 Å². The van der Waals surface area contributed by atoms with Crippen LogP contribution in [-0.2, 0) is 21.3 Å². The lowest BCUT2D eigenvalue weighted by atomic mass is 10.1. The minimum Gasteiger partial charge on any atom is -0.467 e. The van der Waals surface area contributed by atoms with Crippen LogP contribution in [0.25, 0.3) is 33.2 Å². The number of ether oxygens (including phenoxy) is 4. The first kappa shape index (κ1) is 30.0. The number of fused-ring (bicyclic) bond motifs is 2. The number of methoxy groups -OCH3 is 1. The zero-order chi connectivity index (χ0) is 30.9. The smallest absolute Gasteiger partial charge is 0.410 e. The zero-order valence-electron chi connectivity index (χ0n) is 25.7. The summed E-state index contributed by atoms with van der Waals surface area (Å²) in [5.41, 5.74) is 2.42. The van der Waals surface area contributed by atoms with Crippen molar-refractivity contribution in [3.8, 4) is 17.1 Å². The summed E-state index contributed by atoms with van der Waals surface area (Å²) in [7, 11) is 3.39. The molecule has 2 aromatic carbocycles. The quantitative estimate of drug-likeness (QED) is 0.219. The van der Waals surface area contributed by atoms with E-state index < -0.39 is 11.6 Å². The Bertz CT molecular complexity index is 1660. The average molecular weight is 591 g/mol. The summed E-state index contributed by atoms with van der Waals surface area (Å²) in [6, 6.07) is 9.38. The minimum atomic E-state index is -0.560. The predicted molar refractivity (Wildman–Crippen MR) is 162 cm³/mol. The molecule has 0 spiro atoms. The largest absolute Gasteiger partial charge is 0.467 e. The third-order valence-corrected chi connectivity index (χ3v) is 7.06. The van der Waals surface area contributed by atoms with Gasteiger partial charge in [0.1, 0.15) is 11.4 Å². The van der Waals surface area contributed by atoms with Gasteiger partial charge < -0.3 is 28.7 Å². The number of piperazine rings is 1. The van der Waals surface area contributed by atoms with E-state index in [1.54, 1.807) is 23.6 Å². The van der Waals surface area contributed by atoms with Gasteiger partial charge in [0.2, 0.25) is 0 Å². The number of nitrogens with zero attached hydrogens (tertiary/aromatic N) is 6. The summed E-state index contributed by atoms with van der Waals surface area (Å²) >= 11 is 0. The van der Waals surface area contributed by atoms with Gasteiger partial charge in [-0.25, -0.2) is 19.6 Å². The number of aryl methyl sites for hydroxylation is 1. The van der Waals surface area contributed by atoms with Crippen LogP contribution >= 0.6 is 0 Å². The lowest BCUT2D eigenvalue weighted by Gasteiger charge is -2.41. The molecule has 0 saturated carbocycles. The minimum absolute atomic E-state index is 0.0205. The van der Waals surface area contributed by atoms with Gasteiger partial charge in [-0.2, -0.15) is 5.10 Å². The molecule has 3 heterocycles. The molecule has 12 nitrogen and oxygen atoms in total. The van der Waals surface area contributed by atoms with E-state index in [0.29, 0.717) is 47.7 Å². The molecule has 1 atom stereocenters. The zero-order valence-corrected chi connectivity index (χ0v) is 25.7.